The van der Waals surface area contributed by atoms with Crippen molar-refractivity contribution in [2.24, 2.45) is 5.41 Å². The molecule has 7 heteroatoms. The Hall–Kier alpha value is -4.16. The molecule has 230 valence electrons. The van der Waals surface area contributed by atoms with E-state index < -0.39 is 5.92 Å². The molecule has 0 radical (unpaired) electrons. The summed E-state index contributed by atoms with van der Waals surface area (Å²) in [5.74, 6) is -0.511. The summed E-state index contributed by atoms with van der Waals surface area (Å²) in [5, 5.41) is 3.90. The lowest BCUT2D eigenvalue weighted by atomic mass is 9.71. The van der Waals surface area contributed by atoms with Gasteiger partial charge in [0.2, 0.25) is 5.91 Å². The predicted molar refractivity (Wildman–Crippen MR) is 179 cm³/mol. The second-order valence-corrected chi connectivity index (χ2v) is 13.3. The largest absolute Gasteiger partial charge is 0.371 e. The Morgan fingerprint density at radius 2 is 1.53 bits per heavy atom. The minimum absolute atomic E-state index is 0.0832. The molecule has 45 heavy (non-hydrogen) atoms. The predicted octanol–water partition coefficient (Wildman–Crippen LogP) is 7.19. The molecule has 6 nitrogen and oxygen atoms in total. The first kappa shape index (κ1) is 29.5. The molecule has 2 unspecified atom stereocenters. The number of fused-ring (bicyclic) bond motifs is 1. The van der Waals surface area contributed by atoms with Gasteiger partial charge in [-0.25, -0.2) is 0 Å². The molecule has 4 aromatic rings. The van der Waals surface area contributed by atoms with Gasteiger partial charge >= 0.3 is 0 Å². The average molecular weight is 619 g/mol. The monoisotopic (exact) mass is 618 g/mol. The number of anilines is 1. The van der Waals surface area contributed by atoms with Gasteiger partial charge < -0.3 is 15.1 Å². The van der Waals surface area contributed by atoms with Crippen LogP contribution in [0.1, 0.15) is 76.7 Å². The number of nitrogens with one attached hydrogen (secondary N) is 1. The summed E-state index contributed by atoms with van der Waals surface area (Å²) in [6.45, 7) is 3.69. The number of carbonyl (C=O) groups excluding carboxylic acids is 2. The number of aromatic nitrogens is 1. The highest BCUT2D eigenvalue weighted by Gasteiger charge is 2.39. The molecule has 0 saturated carbocycles. The van der Waals surface area contributed by atoms with Crippen LogP contribution < -0.4 is 10.2 Å². The van der Waals surface area contributed by atoms with Crippen molar-refractivity contribution >= 4 is 29.1 Å². The van der Waals surface area contributed by atoms with Gasteiger partial charge in [-0.1, -0.05) is 66.2 Å². The van der Waals surface area contributed by atoms with Crippen LogP contribution in [0.4, 0.5) is 5.69 Å². The number of nitrogens with zero attached hydrogens (tertiary/aromatic N) is 3. The topological polar surface area (TPSA) is 65.5 Å². The Kier molecular flexibility index (Phi) is 8.33. The van der Waals surface area contributed by atoms with Crippen LogP contribution in [0.5, 0.6) is 0 Å². The number of carbonyl (C=O) groups is 2. The molecule has 2 aliphatic heterocycles. The van der Waals surface area contributed by atoms with Gasteiger partial charge in [0.15, 0.2) is 0 Å². The van der Waals surface area contributed by atoms with E-state index in [0.29, 0.717) is 16.0 Å². The fourth-order valence-corrected chi connectivity index (χ4v) is 7.87. The Morgan fingerprint density at radius 1 is 0.844 bits per heavy atom. The molecule has 7 rings (SSSR count). The van der Waals surface area contributed by atoms with E-state index >= 15 is 0 Å². The Balaban J connectivity index is 1.02. The van der Waals surface area contributed by atoms with E-state index in [2.05, 4.69) is 33.4 Å². The smallest absolute Gasteiger partial charge is 0.253 e. The number of rotatable bonds is 6. The molecule has 3 aromatic carbocycles. The van der Waals surface area contributed by atoms with Crippen LogP contribution in [0.15, 0.2) is 97.3 Å². The minimum Gasteiger partial charge on any atom is -0.371 e. The molecule has 1 aliphatic carbocycles. The minimum atomic E-state index is -0.522. The lowest BCUT2D eigenvalue weighted by molar-refractivity contribution is -0.122. The fourth-order valence-electron chi connectivity index (χ4n) is 7.63. The number of piperidine rings is 2. The van der Waals surface area contributed by atoms with Crippen LogP contribution in [0.25, 0.3) is 0 Å². The van der Waals surface area contributed by atoms with Crippen LogP contribution in [0, 0.1) is 5.41 Å². The highest BCUT2D eigenvalue weighted by molar-refractivity contribution is 6.31. The van der Waals surface area contributed by atoms with Gasteiger partial charge in [0.05, 0.1) is 12.0 Å². The average Bonchev–Trinajstić information content (AvgIpc) is 3.48. The number of aryl methyl sites for hydroxylation is 1. The number of hydrogen-bond acceptors (Lipinski definition) is 4. The third-order valence-corrected chi connectivity index (χ3v) is 10.7. The number of halogens is 1. The molecule has 1 N–H and O–H groups in total. The quantitative estimate of drug-likeness (QED) is 0.248. The standard InChI is InChI=1S/C38H39ClN4O2/c39-33-9-5-4-8-31(33)35(28-6-2-1-3-7-28)36(44)41-34-13-12-27-10-11-29(26-32(27)34)37(45)43-24-18-38(19-25-43)16-22-42(23-17-38)30-14-20-40-21-15-30/h1-11,14-15,20-21,26,34-35H,12-13,16-19,22-25H2,(H,41,44). The SMILES string of the molecule is O=C(NC1CCc2ccc(C(=O)N3CCC4(CC3)CCN(c3ccncc3)CC4)cc21)C(c1ccccc1)c1ccccc1Cl. The number of pyridine rings is 1. The lowest BCUT2D eigenvalue weighted by Gasteiger charge is -2.47. The second-order valence-electron chi connectivity index (χ2n) is 12.9. The van der Waals surface area contributed by atoms with Crippen molar-refractivity contribution in [3.63, 3.8) is 0 Å². The maximum atomic E-state index is 13.9. The Morgan fingerprint density at radius 3 is 2.27 bits per heavy atom. The van der Waals surface area contributed by atoms with Crippen molar-refractivity contribution in [3.05, 3.63) is 130 Å². The third-order valence-electron chi connectivity index (χ3n) is 10.4. The molecule has 1 spiro atoms. The van der Waals surface area contributed by atoms with E-state index in [1.807, 2.05) is 84.0 Å². The molecule has 2 saturated heterocycles. The summed E-state index contributed by atoms with van der Waals surface area (Å²) in [5.41, 5.74) is 6.22. The Labute approximate surface area is 270 Å². The molecular formula is C38H39ClN4O2. The molecule has 2 amide bonds. The lowest BCUT2D eigenvalue weighted by Crippen LogP contribution is -2.48. The first-order valence-electron chi connectivity index (χ1n) is 16.2. The summed E-state index contributed by atoms with van der Waals surface area (Å²) < 4.78 is 0. The van der Waals surface area contributed by atoms with Gasteiger partial charge in [-0.3, -0.25) is 14.6 Å². The normalized spacial score (nSPS) is 19.6. The van der Waals surface area contributed by atoms with Gasteiger partial charge in [-0.15, -0.1) is 0 Å². The molecule has 0 bridgehead atoms. The van der Waals surface area contributed by atoms with Crippen LogP contribution in [-0.2, 0) is 11.2 Å². The maximum absolute atomic E-state index is 13.9. The van der Waals surface area contributed by atoms with E-state index in [4.69, 9.17) is 11.6 Å². The molecule has 3 heterocycles. The molecular weight excluding hydrogens is 580 g/mol. The van der Waals surface area contributed by atoms with Crippen molar-refractivity contribution in [3.8, 4) is 0 Å². The van der Waals surface area contributed by atoms with Gasteiger partial charge in [0.1, 0.15) is 0 Å². The fraction of sp³-hybridized carbons (Fsp3) is 0.342. The zero-order valence-electron chi connectivity index (χ0n) is 25.5. The zero-order chi connectivity index (χ0) is 30.8. The number of amides is 2. The summed E-state index contributed by atoms with van der Waals surface area (Å²) in [7, 11) is 0. The van der Waals surface area contributed by atoms with Gasteiger partial charge in [-0.2, -0.15) is 0 Å². The molecule has 2 fully saturated rings. The second kappa shape index (κ2) is 12.7. The number of benzene rings is 3. The van der Waals surface area contributed by atoms with Gasteiger partial charge in [0, 0.05) is 54.8 Å². The van der Waals surface area contributed by atoms with E-state index in [-0.39, 0.29) is 17.9 Å². The number of hydrogen-bond donors (Lipinski definition) is 1. The van der Waals surface area contributed by atoms with E-state index in [1.54, 1.807) is 0 Å². The molecule has 2 atom stereocenters. The third kappa shape index (κ3) is 6.08. The summed E-state index contributed by atoms with van der Waals surface area (Å²) >= 11 is 6.59. The van der Waals surface area contributed by atoms with E-state index in [9.17, 15) is 9.59 Å². The Bertz CT molecular complexity index is 1660. The van der Waals surface area contributed by atoms with Crippen molar-refractivity contribution in [2.45, 2.75) is 50.5 Å². The van der Waals surface area contributed by atoms with Gasteiger partial charge in [0.25, 0.3) is 5.91 Å². The summed E-state index contributed by atoms with van der Waals surface area (Å²) in [6, 6.07) is 27.5. The van der Waals surface area contributed by atoms with Crippen LogP contribution in [0.2, 0.25) is 5.02 Å². The highest BCUT2D eigenvalue weighted by Crippen LogP contribution is 2.42. The van der Waals surface area contributed by atoms with Gasteiger partial charge in [-0.05, 0) is 96.5 Å². The van der Waals surface area contributed by atoms with Crippen LogP contribution in [-0.4, -0.2) is 47.9 Å². The van der Waals surface area contributed by atoms with Crippen molar-refractivity contribution in [2.75, 3.05) is 31.1 Å². The first-order chi connectivity index (χ1) is 22.0. The maximum Gasteiger partial charge on any atom is 0.253 e. The van der Waals surface area contributed by atoms with Crippen molar-refractivity contribution in [1.82, 2.24) is 15.2 Å². The highest BCUT2D eigenvalue weighted by atomic mass is 35.5. The first-order valence-corrected chi connectivity index (χ1v) is 16.5. The van der Waals surface area contributed by atoms with Crippen molar-refractivity contribution in [1.29, 1.82) is 0 Å². The van der Waals surface area contributed by atoms with E-state index in [1.165, 1.54) is 11.3 Å². The summed E-state index contributed by atoms with van der Waals surface area (Å²) in [4.78, 5) is 36.3. The molecule has 1 aromatic heterocycles. The summed E-state index contributed by atoms with van der Waals surface area (Å²) in [6.07, 6.45) is 9.84. The zero-order valence-corrected chi connectivity index (χ0v) is 26.3. The van der Waals surface area contributed by atoms with Crippen molar-refractivity contribution < 1.29 is 9.59 Å². The number of likely N-dealkylation sites (tertiary alicyclic amines) is 1. The van der Waals surface area contributed by atoms with Crippen LogP contribution in [0.3, 0.4) is 0 Å². The van der Waals surface area contributed by atoms with E-state index in [0.717, 1.165) is 81.4 Å². The van der Waals surface area contributed by atoms with Crippen LogP contribution >= 0.6 is 11.6 Å². The molecule has 3 aliphatic rings.